The quantitative estimate of drug-likeness (QED) is 0.770. The van der Waals surface area contributed by atoms with Crippen molar-refractivity contribution in [2.45, 2.75) is 18.4 Å². The molecule has 126 valence electrons. The van der Waals surface area contributed by atoms with Crippen molar-refractivity contribution in [3.8, 4) is 11.3 Å². The van der Waals surface area contributed by atoms with E-state index in [2.05, 4.69) is 20.5 Å². The molecule has 3 aliphatic rings. The monoisotopic (exact) mass is 352 g/mol. The molecule has 3 fully saturated rings. The molecule has 0 unspecified atom stereocenters. The van der Waals surface area contributed by atoms with Crippen molar-refractivity contribution >= 4 is 28.2 Å². The molecule has 1 N–H and O–H groups in total. The standard InChI is InChI=1S/C19H17ClN4O/c20-14-3-1-13(2-4-14)17-15-5-6-21-9-16(15)18(24-23-17)22-11-19-7-12(8-19)10-25-19/h1-6,9,12H,7-8,10-11H2,(H,22,24). The third kappa shape index (κ3) is 2.55. The SMILES string of the molecule is Clc1ccc(-c2nnc(NCC34CC(CO3)C4)c3cnccc23)cc1. The Morgan fingerprint density at radius 3 is 2.72 bits per heavy atom. The predicted molar refractivity (Wildman–Crippen MR) is 97.7 cm³/mol. The highest BCUT2D eigenvalue weighted by molar-refractivity contribution is 6.30. The van der Waals surface area contributed by atoms with E-state index in [-0.39, 0.29) is 5.60 Å². The zero-order valence-electron chi connectivity index (χ0n) is 13.6. The number of rotatable bonds is 4. The molecular weight excluding hydrogens is 336 g/mol. The predicted octanol–water partition coefficient (Wildman–Crippen LogP) is 3.94. The number of hydrogen-bond donors (Lipinski definition) is 1. The molecule has 5 nitrogen and oxygen atoms in total. The molecule has 6 heteroatoms. The Bertz CT molecular complexity index is 932. The summed E-state index contributed by atoms with van der Waals surface area (Å²) in [5, 5.41) is 15.0. The van der Waals surface area contributed by atoms with E-state index in [0.29, 0.717) is 5.02 Å². The Labute approximate surface area is 150 Å². The van der Waals surface area contributed by atoms with Crippen LogP contribution in [0.25, 0.3) is 22.0 Å². The number of fused-ring (bicyclic) bond motifs is 2. The maximum atomic E-state index is 6.00. The van der Waals surface area contributed by atoms with Crippen LogP contribution in [-0.2, 0) is 4.74 Å². The summed E-state index contributed by atoms with van der Waals surface area (Å²) in [6.45, 7) is 1.66. The van der Waals surface area contributed by atoms with Crippen molar-refractivity contribution in [2.75, 3.05) is 18.5 Å². The van der Waals surface area contributed by atoms with Crippen LogP contribution in [0.4, 0.5) is 5.82 Å². The number of aromatic nitrogens is 3. The molecule has 2 bridgehead atoms. The fraction of sp³-hybridized carbons (Fsp3) is 0.316. The van der Waals surface area contributed by atoms with E-state index >= 15 is 0 Å². The van der Waals surface area contributed by atoms with Crippen molar-refractivity contribution in [2.24, 2.45) is 5.92 Å². The summed E-state index contributed by atoms with van der Waals surface area (Å²) in [5.74, 6) is 1.51. The maximum absolute atomic E-state index is 6.00. The zero-order chi connectivity index (χ0) is 16.9. The third-order valence-electron chi connectivity index (χ3n) is 5.22. The first kappa shape index (κ1) is 15.0. The molecule has 2 aliphatic heterocycles. The molecule has 1 saturated carbocycles. The number of hydrogen-bond acceptors (Lipinski definition) is 5. The summed E-state index contributed by atoms with van der Waals surface area (Å²) in [7, 11) is 0. The van der Waals surface area contributed by atoms with Crippen LogP contribution in [0.5, 0.6) is 0 Å². The van der Waals surface area contributed by atoms with Crippen LogP contribution in [0, 0.1) is 5.92 Å². The van der Waals surface area contributed by atoms with Gasteiger partial charge in [-0.3, -0.25) is 4.98 Å². The van der Waals surface area contributed by atoms with Gasteiger partial charge in [-0.1, -0.05) is 23.7 Å². The number of nitrogens with zero attached hydrogens (tertiary/aromatic N) is 3. The number of nitrogens with one attached hydrogen (secondary N) is 1. The van der Waals surface area contributed by atoms with Crippen LogP contribution in [0.3, 0.4) is 0 Å². The van der Waals surface area contributed by atoms with Gasteiger partial charge in [0.25, 0.3) is 0 Å². The molecule has 1 aromatic carbocycles. The Kier molecular flexibility index (Phi) is 3.40. The van der Waals surface area contributed by atoms with Gasteiger partial charge in [-0.05, 0) is 37.0 Å². The molecule has 0 amide bonds. The van der Waals surface area contributed by atoms with Gasteiger partial charge >= 0.3 is 0 Å². The molecule has 6 rings (SSSR count). The van der Waals surface area contributed by atoms with Crippen LogP contribution in [0.2, 0.25) is 5.02 Å². The van der Waals surface area contributed by atoms with Crippen LogP contribution < -0.4 is 5.32 Å². The van der Waals surface area contributed by atoms with Gasteiger partial charge in [0.05, 0.1) is 12.2 Å². The summed E-state index contributed by atoms with van der Waals surface area (Å²) < 4.78 is 5.91. The summed E-state index contributed by atoms with van der Waals surface area (Å²) in [6, 6.07) is 9.61. The average molecular weight is 353 g/mol. The first-order valence-electron chi connectivity index (χ1n) is 8.47. The lowest BCUT2D eigenvalue weighted by atomic mass is 9.74. The molecular formula is C19H17ClN4O. The lowest BCUT2D eigenvalue weighted by Crippen LogP contribution is -2.43. The van der Waals surface area contributed by atoms with E-state index in [4.69, 9.17) is 16.3 Å². The minimum atomic E-state index is -0.00424. The number of halogens is 1. The zero-order valence-corrected chi connectivity index (χ0v) is 14.3. The number of anilines is 1. The van der Waals surface area contributed by atoms with Gasteiger partial charge in [-0.15, -0.1) is 10.2 Å². The van der Waals surface area contributed by atoms with Crippen LogP contribution >= 0.6 is 11.6 Å². The second kappa shape index (κ2) is 5.64. The van der Waals surface area contributed by atoms with E-state index in [0.717, 1.165) is 59.8 Å². The van der Waals surface area contributed by atoms with Crippen molar-refractivity contribution < 1.29 is 4.74 Å². The summed E-state index contributed by atoms with van der Waals surface area (Å²) in [5.41, 5.74) is 1.81. The van der Waals surface area contributed by atoms with Crippen LogP contribution in [0.15, 0.2) is 42.7 Å². The highest BCUT2D eigenvalue weighted by atomic mass is 35.5. The summed E-state index contributed by atoms with van der Waals surface area (Å²) >= 11 is 6.00. The van der Waals surface area contributed by atoms with E-state index in [1.807, 2.05) is 36.5 Å². The Morgan fingerprint density at radius 2 is 1.96 bits per heavy atom. The number of benzene rings is 1. The van der Waals surface area contributed by atoms with E-state index in [9.17, 15) is 0 Å². The Hall–Kier alpha value is -2.24. The van der Waals surface area contributed by atoms with Gasteiger partial charge in [0.15, 0.2) is 5.82 Å². The molecule has 2 aromatic heterocycles. The van der Waals surface area contributed by atoms with Gasteiger partial charge in [-0.25, -0.2) is 0 Å². The lowest BCUT2D eigenvalue weighted by molar-refractivity contribution is 0.0145. The van der Waals surface area contributed by atoms with E-state index < -0.39 is 0 Å². The van der Waals surface area contributed by atoms with E-state index in [1.165, 1.54) is 0 Å². The summed E-state index contributed by atoms with van der Waals surface area (Å²) in [4.78, 5) is 4.27. The highest BCUT2D eigenvalue weighted by Gasteiger charge is 2.51. The molecule has 0 atom stereocenters. The maximum Gasteiger partial charge on any atom is 0.158 e. The summed E-state index contributed by atoms with van der Waals surface area (Å²) in [6.07, 6.45) is 5.91. The molecule has 0 spiro atoms. The number of pyridine rings is 1. The minimum Gasteiger partial charge on any atom is -0.373 e. The van der Waals surface area contributed by atoms with Crippen molar-refractivity contribution in [3.05, 3.63) is 47.7 Å². The van der Waals surface area contributed by atoms with Gasteiger partial charge < -0.3 is 10.1 Å². The average Bonchev–Trinajstić information content (AvgIpc) is 3.21. The number of ether oxygens (including phenoxy) is 1. The lowest BCUT2D eigenvalue weighted by Gasteiger charge is -2.36. The smallest absolute Gasteiger partial charge is 0.158 e. The normalized spacial score (nSPS) is 24.3. The van der Waals surface area contributed by atoms with Crippen LogP contribution in [-0.4, -0.2) is 33.9 Å². The molecule has 2 saturated heterocycles. The van der Waals surface area contributed by atoms with Crippen molar-refractivity contribution in [1.29, 1.82) is 0 Å². The van der Waals surface area contributed by atoms with Gasteiger partial charge in [0, 0.05) is 40.3 Å². The molecule has 3 aromatic rings. The Morgan fingerprint density at radius 1 is 1.12 bits per heavy atom. The first-order valence-corrected chi connectivity index (χ1v) is 8.84. The molecule has 4 heterocycles. The van der Waals surface area contributed by atoms with Crippen molar-refractivity contribution in [3.63, 3.8) is 0 Å². The molecule has 1 aliphatic carbocycles. The minimum absolute atomic E-state index is 0.00424. The highest BCUT2D eigenvalue weighted by Crippen LogP contribution is 2.48. The molecule has 25 heavy (non-hydrogen) atoms. The van der Waals surface area contributed by atoms with E-state index in [1.54, 1.807) is 6.20 Å². The third-order valence-corrected chi connectivity index (χ3v) is 5.48. The van der Waals surface area contributed by atoms with Crippen LogP contribution in [0.1, 0.15) is 12.8 Å². The topological polar surface area (TPSA) is 59.9 Å². The first-order chi connectivity index (χ1) is 12.2. The largest absolute Gasteiger partial charge is 0.373 e. The molecule has 0 radical (unpaired) electrons. The second-order valence-corrected chi connectivity index (χ2v) is 7.38. The van der Waals surface area contributed by atoms with Crippen molar-refractivity contribution in [1.82, 2.24) is 15.2 Å². The van der Waals surface area contributed by atoms with Gasteiger partial charge in [0.2, 0.25) is 0 Å². The van der Waals surface area contributed by atoms with Gasteiger partial charge in [-0.2, -0.15) is 0 Å². The van der Waals surface area contributed by atoms with Gasteiger partial charge in [0.1, 0.15) is 5.69 Å². The fourth-order valence-electron chi connectivity index (χ4n) is 3.91. The Balaban J connectivity index is 1.51. The second-order valence-electron chi connectivity index (χ2n) is 6.95. The fourth-order valence-corrected chi connectivity index (χ4v) is 4.04.